The number of carboxylic acid groups (broad SMARTS) is 2. The van der Waals surface area contributed by atoms with Gasteiger partial charge in [-0.3, -0.25) is 4.79 Å². The largest absolute Gasteiger partial charge is 0.473 e. The SMILES string of the molecule is CC(=O)Nc1cccc2c1CC(CN1CCC(c3c[nH]c4cc(Cl)ccc34)CC1)C2.O=C(O)C(=O)O. The van der Waals surface area contributed by atoms with Crippen molar-refractivity contribution in [2.45, 2.75) is 38.5 Å². The zero-order valence-corrected chi connectivity index (χ0v) is 20.8. The summed E-state index contributed by atoms with van der Waals surface area (Å²) in [6.45, 7) is 5.02. The van der Waals surface area contributed by atoms with E-state index in [0.29, 0.717) is 11.8 Å². The number of fused-ring (bicyclic) bond motifs is 2. The van der Waals surface area contributed by atoms with Gasteiger partial charge in [0.05, 0.1) is 0 Å². The van der Waals surface area contributed by atoms with Gasteiger partial charge in [0.1, 0.15) is 0 Å². The summed E-state index contributed by atoms with van der Waals surface area (Å²) in [6.07, 6.45) is 6.76. The lowest BCUT2D eigenvalue weighted by Gasteiger charge is -2.33. The minimum atomic E-state index is -1.82. The average Bonchev–Trinajstić information content (AvgIpc) is 3.43. The van der Waals surface area contributed by atoms with Crippen molar-refractivity contribution in [3.8, 4) is 0 Å². The van der Waals surface area contributed by atoms with Crippen molar-refractivity contribution in [1.82, 2.24) is 9.88 Å². The number of likely N-dealkylation sites (tertiary alicyclic amines) is 1. The quantitative estimate of drug-likeness (QED) is 0.382. The number of rotatable bonds is 4. The first-order valence-corrected chi connectivity index (χ1v) is 12.4. The first-order valence-electron chi connectivity index (χ1n) is 12.0. The predicted octanol–water partition coefficient (Wildman–Crippen LogP) is 4.53. The van der Waals surface area contributed by atoms with Crippen LogP contribution >= 0.6 is 11.6 Å². The molecule has 0 radical (unpaired) electrons. The lowest BCUT2D eigenvalue weighted by molar-refractivity contribution is -0.159. The van der Waals surface area contributed by atoms with E-state index >= 15 is 0 Å². The summed E-state index contributed by atoms with van der Waals surface area (Å²) < 4.78 is 0. The maximum Gasteiger partial charge on any atom is 0.414 e. The van der Waals surface area contributed by atoms with Crippen LogP contribution in [0.25, 0.3) is 10.9 Å². The predicted molar refractivity (Wildman–Crippen MR) is 139 cm³/mol. The monoisotopic (exact) mass is 511 g/mol. The number of hydrogen-bond acceptors (Lipinski definition) is 4. The number of piperidine rings is 1. The van der Waals surface area contributed by atoms with Crippen LogP contribution in [0.3, 0.4) is 0 Å². The van der Waals surface area contributed by atoms with Crippen LogP contribution in [0.5, 0.6) is 0 Å². The van der Waals surface area contributed by atoms with E-state index in [0.717, 1.165) is 48.7 Å². The molecule has 0 spiro atoms. The summed E-state index contributed by atoms with van der Waals surface area (Å²) in [7, 11) is 0. The number of nitrogens with zero attached hydrogens (tertiary/aromatic N) is 1. The highest BCUT2D eigenvalue weighted by atomic mass is 35.5. The van der Waals surface area contributed by atoms with Gasteiger partial charge in [0.15, 0.2) is 0 Å². The van der Waals surface area contributed by atoms with Gasteiger partial charge in [-0.15, -0.1) is 0 Å². The van der Waals surface area contributed by atoms with Crippen molar-refractivity contribution < 1.29 is 24.6 Å². The summed E-state index contributed by atoms with van der Waals surface area (Å²) in [5, 5.41) is 19.9. The molecule has 0 bridgehead atoms. The number of benzene rings is 2. The zero-order chi connectivity index (χ0) is 25.8. The summed E-state index contributed by atoms with van der Waals surface area (Å²) in [4.78, 5) is 35.7. The van der Waals surface area contributed by atoms with Gasteiger partial charge in [0.2, 0.25) is 5.91 Å². The number of carbonyl (C=O) groups excluding carboxylic acids is 1. The van der Waals surface area contributed by atoms with Gasteiger partial charge in [-0.05, 0) is 85.5 Å². The van der Waals surface area contributed by atoms with Crippen molar-refractivity contribution in [3.05, 3.63) is 64.3 Å². The van der Waals surface area contributed by atoms with Crippen molar-refractivity contribution >= 4 is 46.0 Å². The van der Waals surface area contributed by atoms with E-state index in [4.69, 9.17) is 31.4 Å². The molecule has 1 atom stereocenters. The van der Waals surface area contributed by atoms with E-state index in [-0.39, 0.29) is 5.91 Å². The number of H-pyrrole nitrogens is 1. The van der Waals surface area contributed by atoms with E-state index in [1.54, 1.807) is 6.92 Å². The lowest BCUT2D eigenvalue weighted by atomic mass is 9.88. The van der Waals surface area contributed by atoms with Crippen molar-refractivity contribution in [2.24, 2.45) is 5.92 Å². The van der Waals surface area contributed by atoms with E-state index in [1.165, 1.54) is 34.9 Å². The molecule has 4 N–H and O–H groups in total. The van der Waals surface area contributed by atoms with Crippen LogP contribution in [0.15, 0.2) is 42.6 Å². The molecular formula is C27H30ClN3O5. The number of carboxylic acids is 2. The molecule has 190 valence electrons. The summed E-state index contributed by atoms with van der Waals surface area (Å²) >= 11 is 6.13. The summed E-state index contributed by atoms with van der Waals surface area (Å²) in [5.41, 5.74) is 6.32. The van der Waals surface area contributed by atoms with Gasteiger partial charge in [-0.25, -0.2) is 9.59 Å². The van der Waals surface area contributed by atoms with Gasteiger partial charge >= 0.3 is 11.9 Å². The molecule has 8 nitrogen and oxygen atoms in total. The van der Waals surface area contributed by atoms with Crippen LogP contribution in [0.1, 0.15) is 42.4 Å². The first kappa shape index (κ1) is 25.7. The Bertz CT molecular complexity index is 1270. The molecule has 2 aliphatic rings. The second kappa shape index (κ2) is 11.1. The molecule has 1 amide bonds. The minimum absolute atomic E-state index is 0.00785. The standard InChI is InChI=1S/C25H28ClN3O.C2H2O4/c1-16(30)28-24-4-2-3-19-11-17(12-22(19)24)15-29-9-7-18(8-10-29)23-14-27-25-13-20(26)5-6-21(23)25;3-1(4)2(5)6/h2-6,13-14,17-18,27H,7-12,15H2,1H3,(H,28,30);(H,3,4)(H,5,6). The third kappa shape index (κ3) is 6.06. The van der Waals surface area contributed by atoms with Crippen LogP contribution < -0.4 is 5.32 Å². The van der Waals surface area contributed by atoms with Crippen LogP contribution in [0, 0.1) is 5.92 Å². The van der Waals surface area contributed by atoms with Crippen molar-refractivity contribution in [2.75, 3.05) is 25.0 Å². The third-order valence-corrected chi connectivity index (χ3v) is 7.22. The highest BCUT2D eigenvalue weighted by Crippen LogP contribution is 2.36. The molecule has 5 rings (SSSR count). The summed E-state index contributed by atoms with van der Waals surface area (Å²) in [6, 6.07) is 12.5. The van der Waals surface area contributed by atoms with E-state index < -0.39 is 11.9 Å². The molecule has 9 heteroatoms. The number of hydrogen-bond donors (Lipinski definition) is 4. The molecule has 2 aromatic carbocycles. The molecule has 0 saturated carbocycles. The number of aromatic amines is 1. The Kier molecular flexibility index (Phi) is 7.96. The lowest BCUT2D eigenvalue weighted by Crippen LogP contribution is -2.36. The Balaban J connectivity index is 0.000000455. The maximum atomic E-state index is 11.5. The highest BCUT2D eigenvalue weighted by Gasteiger charge is 2.28. The number of amides is 1. The smallest absolute Gasteiger partial charge is 0.414 e. The first-order chi connectivity index (χ1) is 17.2. The molecule has 1 saturated heterocycles. The highest BCUT2D eigenvalue weighted by molar-refractivity contribution is 6.31. The van der Waals surface area contributed by atoms with Gasteiger partial charge < -0.3 is 25.4 Å². The maximum absolute atomic E-state index is 11.5. The molecule has 1 aliphatic heterocycles. The third-order valence-electron chi connectivity index (χ3n) is 6.99. The normalized spacial score (nSPS) is 17.8. The Hall–Kier alpha value is -3.36. The minimum Gasteiger partial charge on any atom is -0.473 e. The van der Waals surface area contributed by atoms with E-state index in [1.807, 2.05) is 18.2 Å². The van der Waals surface area contributed by atoms with Gasteiger partial charge in [-0.1, -0.05) is 29.8 Å². The van der Waals surface area contributed by atoms with E-state index in [2.05, 4.69) is 39.6 Å². The van der Waals surface area contributed by atoms with E-state index in [9.17, 15) is 4.79 Å². The van der Waals surface area contributed by atoms with Crippen LogP contribution in [-0.4, -0.2) is 57.6 Å². The number of halogens is 1. The Morgan fingerprint density at radius 1 is 1.08 bits per heavy atom. The molecule has 1 fully saturated rings. The Morgan fingerprint density at radius 2 is 1.81 bits per heavy atom. The second-order valence-electron chi connectivity index (χ2n) is 9.52. The average molecular weight is 512 g/mol. The zero-order valence-electron chi connectivity index (χ0n) is 20.1. The molecule has 1 aliphatic carbocycles. The second-order valence-corrected chi connectivity index (χ2v) is 9.95. The van der Waals surface area contributed by atoms with Crippen molar-refractivity contribution in [3.63, 3.8) is 0 Å². The number of aliphatic carboxylic acids is 2. The number of anilines is 1. The molecule has 2 heterocycles. The fraction of sp³-hybridized carbons (Fsp3) is 0.370. The topological polar surface area (TPSA) is 123 Å². The Labute approximate surface area is 214 Å². The van der Waals surface area contributed by atoms with Gasteiger partial charge in [0.25, 0.3) is 0 Å². The fourth-order valence-electron chi connectivity index (χ4n) is 5.42. The molecule has 36 heavy (non-hydrogen) atoms. The van der Waals surface area contributed by atoms with Crippen LogP contribution in [-0.2, 0) is 27.2 Å². The van der Waals surface area contributed by atoms with Crippen LogP contribution in [0.2, 0.25) is 5.02 Å². The van der Waals surface area contributed by atoms with Gasteiger partial charge in [0, 0.05) is 41.3 Å². The molecular weight excluding hydrogens is 482 g/mol. The van der Waals surface area contributed by atoms with Gasteiger partial charge in [-0.2, -0.15) is 0 Å². The number of aromatic nitrogens is 1. The molecule has 1 unspecified atom stereocenters. The molecule has 3 aromatic rings. The van der Waals surface area contributed by atoms with Crippen LogP contribution in [0.4, 0.5) is 5.69 Å². The van der Waals surface area contributed by atoms with Crippen molar-refractivity contribution in [1.29, 1.82) is 0 Å². The fourth-order valence-corrected chi connectivity index (χ4v) is 5.60. The molecule has 1 aromatic heterocycles. The number of carbonyl (C=O) groups is 3. The Morgan fingerprint density at radius 3 is 2.47 bits per heavy atom. The summed E-state index contributed by atoms with van der Waals surface area (Å²) in [5.74, 6) is -2.39. The number of nitrogens with one attached hydrogen (secondary N) is 2.